The van der Waals surface area contributed by atoms with Crippen LogP contribution in [0.25, 0.3) is 0 Å². The molecule has 0 aliphatic carbocycles. The highest BCUT2D eigenvalue weighted by Gasteiger charge is 2.30. The van der Waals surface area contributed by atoms with Crippen molar-refractivity contribution in [2.24, 2.45) is 0 Å². The van der Waals surface area contributed by atoms with E-state index in [2.05, 4.69) is 21.0 Å². The number of ether oxygens (including phenoxy) is 1. The summed E-state index contributed by atoms with van der Waals surface area (Å²) in [6, 6.07) is 8.20. The van der Waals surface area contributed by atoms with E-state index in [0.29, 0.717) is 22.6 Å². The van der Waals surface area contributed by atoms with Crippen LogP contribution in [0.3, 0.4) is 0 Å². The lowest BCUT2D eigenvalue weighted by atomic mass is 10.1. The molecule has 38 heavy (non-hydrogen) atoms. The first kappa shape index (κ1) is 31.6. The molecule has 0 spiro atoms. The van der Waals surface area contributed by atoms with Gasteiger partial charge in [-0.05, 0) is 43.7 Å². The van der Waals surface area contributed by atoms with Crippen LogP contribution in [-0.2, 0) is 30.0 Å². The molecule has 1 atom stereocenters. The molecule has 0 amide bonds. The van der Waals surface area contributed by atoms with E-state index in [-0.39, 0.29) is 37.3 Å². The molecule has 0 fully saturated rings. The largest absolute Gasteiger partial charge is 0.495 e. The number of rotatable bonds is 12. The molecule has 1 unspecified atom stereocenters. The number of hydrogen-bond donors (Lipinski definition) is 1. The van der Waals surface area contributed by atoms with Crippen molar-refractivity contribution in [3.63, 3.8) is 0 Å². The lowest BCUT2D eigenvalue weighted by molar-refractivity contribution is -0.152. The monoisotopic (exact) mass is 578 g/mol. The summed E-state index contributed by atoms with van der Waals surface area (Å²) >= 11 is 0. The molecule has 0 radical (unpaired) electrons. The third kappa shape index (κ3) is 9.93. The SMILES string of the molecule is CCOP(C)(=O)c1cc(C#Cc2ccc(OC)c(N(C)CCCS(=O)(=O)OCC(F)(F)F)c2)cc(CO)n1. The second-order valence-corrected chi connectivity index (χ2v) is 12.3. The fourth-order valence-electron chi connectivity index (χ4n) is 3.27. The Morgan fingerprint density at radius 1 is 1.16 bits per heavy atom. The Hall–Kier alpha value is -2.62. The number of aliphatic hydroxyl groups excluding tert-OH is 1. The molecule has 0 saturated carbocycles. The lowest BCUT2D eigenvalue weighted by Gasteiger charge is -2.22. The molecule has 0 aliphatic heterocycles. The summed E-state index contributed by atoms with van der Waals surface area (Å²) in [5.74, 6) is 5.84. The maximum Gasteiger partial charge on any atom is 0.413 e. The predicted octanol–water partition coefficient (Wildman–Crippen LogP) is 3.29. The van der Waals surface area contributed by atoms with Gasteiger partial charge in [0.2, 0.25) is 7.37 Å². The molecule has 1 N–H and O–H groups in total. The van der Waals surface area contributed by atoms with Gasteiger partial charge in [-0.2, -0.15) is 21.6 Å². The number of hydrogen-bond acceptors (Lipinski definition) is 9. The summed E-state index contributed by atoms with van der Waals surface area (Å²) in [5.41, 5.74) is 2.10. The van der Waals surface area contributed by atoms with Crippen LogP contribution >= 0.6 is 7.37 Å². The van der Waals surface area contributed by atoms with E-state index < -0.39 is 36.0 Å². The van der Waals surface area contributed by atoms with E-state index in [1.54, 1.807) is 49.2 Å². The Morgan fingerprint density at radius 2 is 1.84 bits per heavy atom. The van der Waals surface area contributed by atoms with Crippen molar-refractivity contribution in [1.29, 1.82) is 0 Å². The first-order valence-corrected chi connectivity index (χ1v) is 15.0. The summed E-state index contributed by atoms with van der Waals surface area (Å²) in [4.78, 5) is 5.88. The van der Waals surface area contributed by atoms with Gasteiger partial charge in [-0.1, -0.05) is 11.8 Å². The molecule has 2 aromatic rings. The van der Waals surface area contributed by atoms with Crippen molar-refractivity contribution < 1.29 is 44.7 Å². The highest BCUT2D eigenvalue weighted by atomic mass is 32.2. The smallest absolute Gasteiger partial charge is 0.413 e. The first-order chi connectivity index (χ1) is 17.7. The molecule has 9 nitrogen and oxygen atoms in total. The number of nitrogens with zero attached hydrogens (tertiary/aromatic N) is 2. The van der Waals surface area contributed by atoms with Crippen molar-refractivity contribution in [1.82, 2.24) is 4.98 Å². The first-order valence-electron chi connectivity index (χ1n) is 11.4. The van der Waals surface area contributed by atoms with Crippen LogP contribution in [-0.4, -0.2) is 71.0 Å². The predicted molar refractivity (Wildman–Crippen MR) is 138 cm³/mol. The van der Waals surface area contributed by atoms with Crippen LogP contribution < -0.4 is 15.1 Å². The van der Waals surface area contributed by atoms with Gasteiger partial charge in [0, 0.05) is 31.4 Å². The highest BCUT2D eigenvalue weighted by molar-refractivity contribution is 7.86. The number of benzene rings is 1. The van der Waals surface area contributed by atoms with E-state index in [1.165, 1.54) is 13.8 Å². The quantitative estimate of drug-likeness (QED) is 0.230. The molecular formula is C24H30F3N2O7PS. The Balaban J connectivity index is 2.22. The molecule has 1 aromatic carbocycles. The molecular weight excluding hydrogens is 548 g/mol. The molecule has 14 heteroatoms. The van der Waals surface area contributed by atoms with E-state index >= 15 is 0 Å². The molecule has 0 aliphatic rings. The maximum atomic E-state index is 12.8. The standard InChI is InChI=1S/C24H30F3N2O7PS/c1-5-35-37(4,31)23-15-19(13-20(16-30)28-23)8-7-18-9-10-22(34-3)21(14-18)29(2)11-6-12-38(32,33)36-17-24(25,26)27/h9-10,13-15,30H,5-6,11-12,16-17H2,1-4H3. The van der Waals surface area contributed by atoms with Gasteiger partial charge in [0.1, 0.15) is 11.2 Å². The summed E-state index contributed by atoms with van der Waals surface area (Å²) in [6.45, 7) is 1.33. The lowest BCUT2D eigenvalue weighted by Crippen LogP contribution is -2.25. The minimum absolute atomic E-state index is 0.0103. The third-order valence-electron chi connectivity index (χ3n) is 5.05. The molecule has 210 valence electrons. The Bertz CT molecular complexity index is 1320. The van der Waals surface area contributed by atoms with Crippen molar-refractivity contribution in [3.05, 3.63) is 47.2 Å². The fraction of sp³-hybridized carbons (Fsp3) is 0.458. The van der Waals surface area contributed by atoms with Crippen molar-refractivity contribution in [2.75, 3.05) is 51.2 Å². The van der Waals surface area contributed by atoms with E-state index in [9.17, 15) is 31.3 Å². The summed E-state index contributed by atoms with van der Waals surface area (Å²) in [7, 11) is -4.39. The second kappa shape index (κ2) is 13.4. The van der Waals surface area contributed by atoms with Crippen LogP contribution in [0.4, 0.5) is 18.9 Å². The third-order valence-corrected chi connectivity index (χ3v) is 8.13. The van der Waals surface area contributed by atoms with Gasteiger partial charge in [-0.3, -0.25) is 8.75 Å². The van der Waals surface area contributed by atoms with E-state index in [4.69, 9.17) is 9.26 Å². The van der Waals surface area contributed by atoms with Crippen LogP contribution in [0.1, 0.15) is 30.2 Å². The number of aliphatic hydroxyl groups is 1. The minimum Gasteiger partial charge on any atom is -0.495 e. The van der Waals surface area contributed by atoms with Gasteiger partial charge < -0.3 is 19.3 Å². The number of halogens is 3. The second-order valence-electron chi connectivity index (χ2n) is 8.18. The van der Waals surface area contributed by atoms with Crippen LogP contribution in [0, 0.1) is 11.8 Å². The zero-order chi connectivity index (χ0) is 28.6. The average molecular weight is 579 g/mol. The molecule has 0 bridgehead atoms. The van der Waals surface area contributed by atoms with Gasteiger partial charge in [0.05, 0.1) is 37.5 Å². The normalized spacial score (nSPS) is 13.4. The number of alkyl halides is 3. The summed E-state index contributed by atoms with van der Waals surface area (Å²) in [5, 5.41) is 9.55. The van der Waals surface area contributed by atoms with Crippen LogP contribution in [0.15, 0.2) is 30.3 Å². The molecule has 1 heterocycles. The van der Waals surface area contributed by atoms with Crippen molar-refractivity contribution in [3.8, 4) is 17.6 Å². The van der Waals surface area contributed by atoms with E-state index in [1.807, 2.05) is 0 Å². The summed E-state index contributed by atoms with van der Waals surface area (Å²) in [6.07, 6.45) is -4.73. The average Bonchev–Trinajstić information content (AvgIpc) is 2.85. The summed E-state index contributed by atoms with van der Waals surface area (Å²) < 4.78 is 87.7. The highest BCUT2D eigenvalue weighted by Crippen LogP contribution is 2.40. The topological polar surface area (TPSA) is 115 Å². The van der Waals surface area contributed by atoms with Gasteiger partial charge >= 0.3 is 6.18 Å². The maximum absolute atomic E-state index is 12.8. The Kier molecular flexibility index (Phi) is 11.2. The van der Waals surface area contributed by atoms with Crippen LogP contribution in [0.2, 0.25) is 0 Å². The number of aromatic nitrogens is 1. The van der Waals surface area contributed by atoms with E-state index in [0.717, 1.165) is 0 Å². The van der Waals surface area contributed by atoms with Crippen LogP contribution in [0.5, 0.6) is 5.75 Å². The van der Waals surface area contributed by atoms with Crippen molar-refractivity contribution >= 4 is 28.6 Å². The molecule has 0 saturated heterocycles. The van der Waals surface area contributed by atoms with Gasteiger partial charge in [-0.15, -0.1) is 0 Å². The van der Waals surface area contributed by atoms with Gasteiger partial charge in [-0.25, -0.2) is 4.98 Å². The van der Waals surface area contributed by atoms with Gasteiger partial charge in [0.15, 0.2) is 6.61 Å². The fourth-order valence-corrected chi connectivity index (χ4v) is 5.49. The number of methoxy groups -OCH3 is 1. The minimum atomic E-state index is -4.74. The van der Waals surface area contributed by atoms with Gasteiger partial charge in [0.25, 0.3) is 10.1 Å². The molecule has 1 aromatic heterocycles. The number of anilines is 1. The zero-order valence-corrected chi connectivity index (χ0v) is 23.1. The Labute approximate surface area is 220 Å². The Morgan fingerprint density at radius 3 is 2.45 bits per heavy atom. The van der Waals surface area contributed by atoms with Crippen molar-refractivity contribution in [2.45, 2.75) is 26.1 Å². The number of pyridine rings is 1. The zero-order valence-electron chi connectivity index (χ0n) is 21.4. The molecule has 2 rings (SSSR count).